The maximum absolute atomic E-state index is 12.6. The number of nitrogens with two attached hydrogens (primary N) is 1. The molecular weight excluding hydrogens is 300 g/mol. The van der Waals surface area contributed by atoms with Gasteiger partial charge in [-0.1, -0.05) is 18.5 Å². The summed E-state index contributed by atoms with van der Waals surface area (Å²) in [6.45, 7) is 4.87. The molecule has 1 aliphatic rings. The molecule has 2 N–H and O–H groups in total. The zero-order valence-corrected chi connectivity index (χ0v) is 13.2. The Hall–Kier alpha value is -0.820. The van der Waals surface area contributed by atoms with E-state index >= 15 is 0 Å². The van der Waals surface area contributed by atoms with Gasteiger partial charge in [-0.05, 0) is 31.0 Å². The van der Waals surface area contributed by atoms with E-state index in [0.717, 1.165) is 6.42 Å². The van der Waals surface area contributed by atoms with Crippen LogP contribution in [-0.4, -0.2) is 38.5 Å². The van der Waals surface area contributed by atoms with Gasteiger partial charge in [0, 0.05) is 13.1 Å². The lowest BCUT2D eigenvalue weighted by molar-refractivity contribution is -0.00277. The SMILES string of the molecule is CCC1CN(S(=O)(=O)c2cc(C)c(Cl)c(N)c2)CCO1. The van der Waals surface area contributed by atoms with Crippen molar-refractivity contribution in [2.75, 3.05) is 25.4 Å². The molecule has 0 aromatic heterocycles. The molecule has 0 bridgehead atoms. The van der Waals surface area contributed by atoms with E-state index in [1.54, 1.807) is 13.0 Å². The lowest BCUT2D eigenvalue weighted by Gasteiger charge is -2.31. The second kappa shape index (κ2) is 5.89. The van der Waals surface area contributed by atoms with Crippen molar-refractivity contribution in [3.63, 3.8) is 0 Å². The number of ether oxygens (including phenoxy) is 1. The van der Waals surface area contributed by atoms with Crippen LogP contribution < -0.4 is 5.73 Å². The van der Waals surface area contributed by atoms with E-state index < -0.39 is 10.0 Å². The highest BCUT2D eigenvalue weighted by atomic mass is 35.5. The van der Waals surface area contributed by atoms with Crippen LogP contribution in [0.3, 0.4) is 0 Å². The molecule has 0 amide bonds. The molecule has 0 radical (unpaired) electrons. The van der Waals surface area contributed by atoms with Gasteiger partial charge in [-0.3, -0.25) is 0 Å². The van der Waals surface area contributed by atoms with E-state index in [1.807, 2.05) is 6.92 Å². The molecule has 112 valence electrons. The predicted octanol–water partition coefficient (Wildman–Crippen LogP) is 2.03. The topological polar surface area (TPSA) is 72.6 Å². The van der Waals surface area contributed by atoms with Crippen molar-refractivity contribution >= 4 is 27.3 Å². The normalized spacial score (nSPS) is 21.1. The van der Waals surface area contributed by atoms with Crippen molar-refractivity contribution in [2.24, 2.45) is 0 Å². The monoisotopic (exact) mass is 318 g/mol. The summed E-state index contributed by atoms with van der Waals surface area (Å²) in [5.41, 5.74) is 6.70. The van der Waals surface area contributed by atoms with Gasteiger partial charge in [0.05, 0.1) is 28.3 Å². The smallest absolute Gasteiger partial charge is 0.243 e. The molecule has 1 fully saturated rings. The van der Waals surface area contributed by atoms with Gasteiger partial charge in [0.2, 0.25) is 10.0 Å². The summed E-state index contributed by atoms with van der Waals surface area (Å²) in [7, 11) is -3.55. The zero-order valence-electron chi connectivity index (χ0n) is 11.6. The van der Waals surface area contributed by atoms with Crippen LogP contribution in [0.2, 0.25) is 5.02 Å². The minimum absolute atomic E-state index is 0.0516. The van der Waals surface area contributed by atoms with E-state index in [0.29, 0.717) is 30.3 Å². The molecule has 0 spiro atoms. The first-order valence-corrected chi connectivity index (χ1v) is 8.35. The zero-order chi connectivity index (χ0) is 14.9. The number of rotatable bonds is 3. The van der Waals surface area contributed by atoms with Gasteiger partial charge in [0.25, 0.3) is 0 Å². The second-order valence-corrected chi connectivity index (χ2v) is 7.22. The molecule has 1 atom stereocenters. The molecule has 1 saturated heterocycles. The molecule has 5 nitrogen and oxygen atoms in total. The number of hydrogen-bond acceptors (Lipinski definition) is 4. The number of sulfonamides is 1. The number of aryl methyl sites for hydroxylation is 1. The molecule has 0 aliphatic carbocycles. The van der Waals surface area contributed by atoms with Crippen molar-refractivity contribution in [1.29, 1.82) is 0 Å². The van der Waals surface area contributed by atoms with Crippen molar-refractivity contribution in [3.05, 3.63) is 22.7 Å². The summed E-state index contributed by atoms with van der Waals surface area (Å²) in [5, 5.41) is 0.400. The summed E-state index contributed by atoms with van der Waals surface area (Å²) in [6, 6.07) is 2.98. The van der Waals surface area contributed by atoms with Crippen molar-refractivity contribution in [3.8, 4) is 0 Å². The molecular formula is C13H19ClN2O3S. The van der Waals surface area contributed by atoms with Crippen LogP contribution in [0.15, 0.2) is 17.0 Å². The highest BCUT2D eigenvalue weighted by Gasteiger charge is 2.30. The van der Waals surface area contributed by atoms with Crippen LogP contribution in [0.4, 0.5) is 5.69 Å². The van der Waals surface area contributed by atoms with Gasteiger partial charge in [0.15, 0.2) is 0 Å². The van der Waals surface area contributed by atoms with Gasteiger partial charge in [0.1, 0.15) is 0 Å². The molecule has 1 heterocycles. The first-order valence-electron chi connectivity index (χ1n) is 6.53. The van der Waals surface area contributed by atoms with Crippen molar-refractivity contribution in [2.45, 2.75) is 31.3 Å². The van der Waals surface area contributed by atoms with Crippen LogP contribution in [-0.2, 0) is 14.8 Å². The number of hydrogen-bond donors (Lipinski definition) is 1. The number of nitrogen functional groups attached to an aromatic ring is 1. The Morgan fingerprint density at radius 2 is 2.20 bits per heavy atom. The van der Waals surface area contributed by atoms with E-state index in [9.17, 15) is 8.42 Å². The quantitative estimate of drug-likeness (QED) is 0.865. The van der Waals surface area contributed by atoms with Gasteiger partial charge >= 0.3 is 0 Å². The molecule has 2 rings (SSSR count). The molecule has 0 saturated carbocycles. The fraction of sp³-hybridized carbons (Fsp3) is 0.538. The molecule has 7 heteroatoms. The number of anilines is 1. The highest BCUT2D eigenvalue weighted by molar-refractivity contribution is 7.89. The van der Waals surface area contributed by atoms with E-state index in [-0.39, 0.29) is 16.7 Å². The summed E-state index contributed by atoms with van der Waals surface area (Å²) in [6.07, 6.45) is 0.734. The third kappa shape index (κ3) is 2.93. The van der Waals surface area contributed by atoms with Gasteiger partial charge in [-0.15, -0.1) is 0 Å². The Morgan fingerprint density at radius 1 is 1.50 bits per heavy atom. The molecule has 1 unspecified atom stereocenters. The summed E-state index contributed by atoms with van der Waals surface area (Å²) in [4.78, 5) is 0.189. The third-order valence-electron chi connectivity index (χ3n) is 3.45. The average molecular weight is 319 g/mol. The minimum atomic E-state index is -3.55. The lowest BCUT2D eigenvalue weighted by atomic mass is 10.2. The lowest BCUT2D eigenvalue weighted by Crippen LogP contribution is -2.45. The highest BCUT2D eigenvalue weighted by Crippen LogP contribution is 2.29. The molecule has 1 aromatic rings. The first kappa shape index (κ1) is 15.6. The fourth-order valence-electron chi connectivity index (χ4n) is 2.22. The Balaban J connectivity index is 2.35. The maximum Gasteiger partial charge on any atom is 0.243 e. The largest absolute Gasteiger partial charge is 0.397 e. The fourth-order valence-corrected chi connectivity index (χ4v) is 3.90. The van der Waals surface area contributed by atoms with Crippen LogP contribution in [0.1, 0.15) is 18.9 Å². The van der Waals surface area contributed by atoms with Crippen LogP contribution in [0.5, 0.6) is 0 Å². The van der Waals surface area contributed by atoms with Gasteiger partial charge in [-0.2, -0.15) is 4.31 Å². The summed E-state index contributed by atoms with van der Waals surface area (Å²) in [5.74, 6) is 0. The third-order valence-corrected chi connectivity index (χ3v) is 5.81. The number of halogens is 1. The number of nitrogens with zero attached hydrogens (tertiary/aromatic N) is 1. The Labute approximate surface area is 124 Å². The Kier molecular flexibility index (Phi) is 4.59. The summed E-state index contributed by atoms with van der Waals surface area (Å²) < 4.78 is 32.2. The first-order chi connectivity index (χ1) is 9.36. The van der Waals surface area contributed by atoms with Crippen molar-refractivity contribution < 1.29 is 13.2 Å². The maximum atomic E-state index is 12.6. The number of benzene rings is 1. The van der Waals surface area contributed by atoms with Crippen LogP contribution >= 0.6 is 11.6 Å². The predicted molar refractivity (Wildman–Crippen MR) is 79.4 cm³/mol. The minimum Gasteiger partial charge on any atom is -0.397 e. The average Bonchev–Trinajstić information content (AvgIpc) is 2.44. The number of morpholine rings is 1. The van der Waals surface area contributed by atoms with Crippen molar-refractivity contribution in [1.82, 2.24) is 4.31 Å². The molecule has 1 aromatic carbocycles. The van der Waals surface area contributed by atoms with E-state index in [1.165, 1.54) is 10.4 Å². The summed E-state index contributed by atoms with van der Waals surface area (Å²) >= 11 is 5.98. The van der Waals surface area contributed by atoms with Gasteiger partial charge < -0.3 is 10.5 Å². The second-order valence-electron chi connectivity index (χ2n) is 4.91. The molecule has 1 aliphatic heterocycles. The van der Waals surface area contributed by atoms with E-state index in [2.05, 4.69) is 0 Å². The van der Waals surface area contributed by atoms with Crippen LogP contribution in [0, 0.1) is 6.92 Å². The van der Waals surface area contributed by atoms with Gasteiger partial charge in [-0.25, -0.2) is 8.42 Å². The van der Waals surface area contributed by atoms with Crippen LogP contribution in [0.25, 0.3) is 0 Å². The Morgan fingerprint density at radius 3 is 2.80 bits per heavy atom. The van der Waals surface area contributed by atoms with E-state index in [4.69, 9.17) is 22.1 Å². The Bertz CT molecular complexity index is 581. The standard InChI is InChI=1S/C13H19ClN2O3S/c1-3-10-8-16(4-5-19-10)20(17,18)11-6-9(2)13(14)12(15)7-11/h6-7,10H,3-5,8,15H2,1-2H3. The molecule has 20 heavy (non-hydrogen) atoms.